The van der Waals surface area contributed by atoms with E-state index in [2.05, 4.69) is 24.0 Å². The Hall–Kier alpha value is -2.00. The Morgan fingerprint density at radius 1 is 1.00 bits per heavy atom. The Morgan fingerprint density at radius 3 is 2.25 bits per heavy atom. The number of hydrogen-bond acceptors (Lipinski definition) is 2. The zero-order valence-corrected chi connectivity index (χ0v) is 14.7. The Labute approximate surface area is 148 Å². The molecule has 1 aliphatic rings. The number of carbonyl (C=O) groups excluding carboxylic acids is 1. The van der Waals surface area contributed by atoms with Gasteiger partial charge in [0.05, 0.1) is 0 Å². The first-order valence-corrected chi connectivity index (χ1v) is 8.84. The van der Waals surface area contributed by atoms with Crippen molar-refractivity contribution in [2.45, 2.75) is 19.3 Å². The minimum Gasteiger partial charge on any atom is -0.368 e. The molecule has 0 bridgehead atoms. The summed E-state index contributed by atoms with van der Waals surface area (Å²) < 4.78 is 0. The predicted octanol–water partition coefficient (Wildman–Crippen LogP) is 4.18. The van der Waals surface area contributed by atoms with Crippen molar-refractivity contribution >= 4 is 23.2 Å². The van der Waals surface area contributed by atoms with Crippen molar-refractivity contribution in [3.05, 3.63) is 65.2 Å². The molecule has 24 heavy (non-hydrogen) atoms. The highest BCUT2D eigenvalue weighted by Gasteiger charge is 2.22. The maximum Gasteiger partial charge on any atom is 0.223 e. The summed E-state index contributed by atoms with van der Waals surface area (Å²) in [5, 5.41) is 0.752. The molecule has 1 fully saturated rings. The van der Waals surface area contributed by atoms with Crippen LogP contribution in [-0.2, 0) is 4.79 Å². The first-order chi connectivity index (χ1) is 11.6. The van der Waals surface area contributed by atoms with Crippen LogP contribution in [0.25, 0.3) is 0 Å². The monoisotopic (exact) mass is 342 g/mol. The van der Waals surface area contributed by atoms with Gasteiger partial charge in [-0.25, -0.2) is 0 Å². The van der Waals surface area contributed by atoms with Crippen molar-refractivity contribution in [2.75, 3.05) is 31.1 Å². The molecule has 1 amide bonds. The highest BCUT2D eigenvalue weighted by molar-refractivity contribution is 6.30. The zero-order valence-electron chi connectivity index (χ0n) is 14.0. The predicted molar refractivity (Wildman–Crippen MR) is 99.7 cm³/mol. The van der Waals surface area contributed by atoms with Crippen LogP contribution >= 0.6 is 11.6 Å². The molecule has 1 heterocycles. The van der Waals surface area contributed by atoms with E-state index in [0.29, 0.717) is 6.42 Å². The summed E-state index contributed by atoms with van der Waals surface area (Å²) in [6, 6.07) is 18.2. The number of halogens is 1. The van der Waals surface area contributed by atoms with Crippen LogP contribution in [0, 0.1) is 0 Å². The lowest BCUT2D eigenvalue weighted by Crippen LogP contribution is -2.49. The molecule has 1 unspecified atom stereocenters. The van der Waals surface area contributed by atoms with Crippen LogP contribution in [0.1, 0.15) is 24.8 Å². The molecule has 3 rings (SSSR count). The summed E-state index contributed by atoms with van der Waals surface area (Å²) in [6.07, 6.45) is 0.574. The van der Waals surface area contributed by atoms with Crippen LogP contribution < -0.4 is 4.90 Å². The number of rotatable bonds is 4. The van der Waals surface area contributed by atoms with E-state index in [1.54, 1.807) is 0 Å². The Morgan fingerprint density at radius 2 is 1.62 bits per heavy atom. The fourth-order valence-corrected chi connectivity index (χ4v) is 3.28. The highest BCUT2D eigenvalue weighted by atomic mass is 35.5. The van der Waals surface area contributed by atoms with E-state index < -0.39 is 0 Å². The Bertz CT molecular complexity index is 664. The van der Waals surface area contributed by atoms with E-state index in [4.69, 9.17) is 11.6 Å². The van der Waals surface area contributed by atoms with Gasteiger partial charge in [-0.1, -0.05) is 48.9 Å². The third-order valence-corrected chi connectivity index (χ3v) is 4.93. The topological polar surface area (TPSA) is 23.6 Å². The Kier molecular flexibility index (Phi) is 5.41. The second kappa shape index (κ2) is 7.71. The summed E-state index contributed by atoms with van der Waals surface area (Å²) in [5.74, 6) is 0.509. The third kappa shape index (κ3) is 4.09. The molecule has 0 aliphatic carbocycles. The van der Waals surface area contributed by atoms with Gasteiger partial charge in [-0.15, -0.1) is 0 Å². The number of anilines is 1. The molecule has 0 spiro atoms. The quantitative estimate of drug-likeness (QED) is 0.832. The summed E-state index contributed by atoms with van der Waals surface area (Å²) in [5.41, 5.74) is 2.40. The van der Waals surface area contributed by atoms with Gasteiger partial charge < -0.3 is 9.80 Å². The molecule has 1 saturated heterocycles. The van der Waals surface area contributed by atoms with Crippen molar-refractivity contribution in [2.24, 2.45) is 0 Å². The largest absolute Gasteiger partial charge is 0.368 e. The van der Waals surface area contributed by atoms with Crippen LogP contribution in [0.5, 0.6) is 0 Å². The van der Waals surface area contributed by atoms with Crippen LogP contribution in [0.3, 0.4) is 0 Å². The van der Waals surface area contributed by atoms with Gasteiger partial charge in [-0.05, 0) is 35.7 Å². The van der Waals surface area contributed by atoms with E-state index in [1.165, 1.54) is 11.3 Å². The molecule has 0 saturated carbocycles. The fourth-order valence-electron chi connectivity index (χ4n) is 3.16. The molecule has 4 heteroatoms. The first-order valence-electron chi connectivity index (χ1n) is 8.47. The molecule has 126 valence electrons. The molecule has 0 N–H and O–H groups in total. The normalized spacial score (nSPS) is 16.1. The van der Waals surface area contributed by atoms with Gasteiger partial charge in [0.2, 0.25) is 5.91 Å². The number of amides is 1. The second-order valence-corrected chi connectivity index (χ2v) is 6.80. The lowest BCUT2D eigenvalue weighted by atomic mass is 9.97. The lowest BCUT2D eigenvalue weighted by Gasteiger charge is -2.36. The van der Waals surface area contributed by atoms with E-state index >= 15 is 0 Å². The molecule has 0 aromatic heterocycles. The van der Waals surface area contributed by atoms with E-state index in [0.717, 1.165) is 31.2 Å². The summed E-state index contributed by atoms with van der Waals surface area (Å²) in [7, 11) is 0. The SMILES string of the molecule is CC(CC(=O)N1CCN(c2ccc(Cl)cc2)CC1)c1ccccc1. The van der Waals surface area contributed by atoms with Crippen molar-refractivity contribution < 1.29 is 4.79 Å². The standard InChI is InChI=1S/C20H23ClN2O/c1-16(17-5-3-2-4-6-17)15-20(24)23-13-11-22(12-14-23)19-9-7-18(21)8-10-19/h2-10,16H,11-15H2,1H3. The van der Waals surface area contributed by atoms with Crippen molar-refractivity contribution in [1.82, 2.24) is 4.90 Å². The smallest absolute Gasteiger partial charge is 0.223 e. The van der Waals surface area contributed by atoms with Crippen molar-refractivity contribution in [1.29, 1.82) is 0 Å². The summed E-state index contributed by atoms with van der Waals surface area (Å²) in [4.78, 5) is 16.9. The van der Waals surface area contributed by atoms with Crippen LogP contribution in [0.15, 0.2) is 54.6 Å². The first kappa shape index (κ1) is 16.8. The second-order valence-electron chi connectivity index (χ2n) is 6.36. The van der Waals surface area contributed by atoms with E-state index in [9.17, 15) is 4.79 Å². The fraction of sp³-hybridized carbons (Fsp3) is 0.350. The minimum absolute atomic E-state index is 0.252. The third-order valence-electron chi connectivity index (χ3n) is 4.67. The van der Waals surface area contributed by atoms with Crippen molar-refractivity contribution in [3.8, 4) is 0 Å². The number of benzene rings is 2. The molecular weight excluding hydrogens is 320 g/mol. The average molecular weight is 343 g/mol. The molecule has 2 aromatic rings. The Balaban J connectivity index is 1.52. The minimum atomic E-state index is 0.252. The summed E-state index contributed by atoms with van der Waals surface area (Å²) in [6.45, 7) is 5.42. The van der Waals surface area contributed by atoms with Crippen LogP contribution in [-0.4, -0.2) is 37.0 Å². The summed E-state index contributed by atoms with van der Waals surface area (Å²) >= 11 is 5.94. The lowest BCUT2D eigenvalue weighted by molar-refractivity contribution is -0.131. The molecule has 3 nitrogen and oxygen atoms in total. The maximum atomic E-state index is 12.6. The van der Waals surface area contributed by atoms with Gasteiger partial charge in [0.25, 0.3) is 0 Å². The average Bonchev–Trinajstić information content (AvgIpc) is 2.63. The molecular formula is C20H23ClN2O. The van der Waals surface area contributed by atoms with Gasteiger partial charge in [0.15, 0.2) is 0 Å². The molecule has 1 atom stereocenters. The number of piperazine rings is 1. The van der Waals surface area contributed by atoms with Gasteiger partial charge in [-0.2, -0.15) is 0 Å². The van der Waals surface area contributed by atoms with E-state index in [-0.39, 0.29) is 11.8 Å². The maximum absolute atomic E-state index is 12.6. The van der Waals surface area contributed by atoms with Gasteiger partial charge in [-0.3, -0.25) is 4.79 Å². The number of hydrogen-bond donors (Lipinski definition) is 0. The molecule has 2 aromatic carbocycles. The van der Waals surface area contributed by atoms with Crippen LogP contribution in [0.4, 0.5) is 5.69 Å². The van der Waals surface area contributed by atoms with Crippen molar-refractivity contribution in [3.63, 3.8) is 0 Å². The zero-order chi connectivity index (χ0) is 16.9. The molecule has 0 radical (unpaired) electrons. The number of nitrogens with zero attached hydrogens (tertiary/aromatic N) is 2. The molecule has 1 aliphatic heterocycles. The van der Waals surface area contributed by atoms with Gasteiger partial charge >= 0.3 is 0 Å². The van der Waals surface area contributed by atoms with Gasteiger partial charge in [0.1, 0.15) is 0 Å². The number of carbonyl (C=O) groups is 1. The van der Waals surface area contributed by atoms with E-state index in [1.807, 2.05) is 47.4 Å². The van der Waals surface area contributed by atoms with Gasteiger partial charge in [0, 0.05) is 43.3 Å². The van der Waals surface area contributed by atoms with Crippen LogP contribution in [0.2, 0.25) is 5.02 Å². The highest BCUT2D eigenvalue weighted by Crippen LogP contribution is 2.22.